The Kier molecular flexibility index (Phi) is 4.26. The van der Waals surface area contributed by atoms with Gasteiger partial charge in [-0.2, -0.15) is 0 Å². The zero-order valence-electron chi connectivity index (χ0n) is 10.1. The van der Waals surface area contributed by atoms with E-state index in [9.17, 15) is 0 Å². The summed E-state index contributed by atoms with van der Waals surface area (Å²) in [5.74, 6) is 0.500. The van der Waals surface area contributed by atoms with E-state index in [4.69, 9.17) is 22.1 Å². The van der Waals surface area contributed by atoms with E-state index in [1.807, 2.05) is 25.1 Å². The summed E-state index contributed by atoms with van der Waals surface area (Å²) in [5, 5.41) is 4.23. The number of halogens is 1. The Morgan fingerprint density at radius 1 is 1.59 bits per heavy atom. The molecule has 2 unspecified atom stereocenters. The first kappa shape index (κ1) is 12.7. The van der Waals surface area contributed by atoms with Crippen LogP contribution in [0.25, 0.3) is 0 Å². The maximum absolute atomic E-state index is 6.10. The van der Waals surface area contributed by atoms with Crippen molar-refractivity contribution in [1.82, 2.24) is 0 Å². The number of ether oxygens (including phenoxy) is 1. The van der Waals surface area contributed by atoms with E-state index < -0.39 is 0 Å². The molecule has 94 valence electrons. The van der Waals surface area contributed by atoms with Crippen LogP contribution in [0.5, 0.6) is 0 Å². The predicted octanol–water partition coefficient (Wildman–Crippen LogP) is 2.42. The number of nitrogens with two attached hydrogens (primary N) is 1. The third kappa shape index (κ3) is 3.12. The molecule has 0 aliphatic carbocycles. The van der Waals surface area contributed by atoms with Crippen molar-refractivity contribution in [2.75, 3.05) is 25.1 Å². The summed E-state index contributed by atoms with van der Waals surface area (Å²) < 4.78 is 5.40. The molecule has 1 aromatic carbocycles. The number of benzene rings is 1. The van der Waals surface area contributed by atoms with Crippen LogP contribution in [-0.2, 0) is 4.74 Å². The van der Waals surface area contributed by atoms with E-state index in [2.05, 4.69) is 5.32 Å². The van der Waals surface area contributed by atoms with Crippen LogP contribution < -0.4 is 11.1 Å². The molecule has 1 fully saturated rings. The van der Waals surface area contributed by atoms with E-state index in [1.54, 1.807) is 0 Å². The molecule has 0 spiro atoms. The van der Waals surface area contributed by atoms with Crippen molar-refractivity contribution in [2.24, 2.45) is 11.7 Å². The van der Waals surface area contributed by atoms with Crippen LogP contribution in [-0.4, -0.2) is 25.8 Å². The molecular weight excluding hydrogens is 236 g/mol. The number of anilines is 1. The largest absolute Gasteiger partial charge is 0.381 e. The van der Waals surface area contributed by atoms with Gasteiger partial charge in [0, 0.05) is 35.8 Å². The summed E-state index contributed by atoms with van der Waals surface area (Å²) in [6, 6.07) is 6.27. The van der Waals surface area contributed by atoms with Gasteiger partial charge in [-0.25, -0.2) is 0 Å². The fourth-order valence-electron chi connectivity index (χ4n) is 2.14. The molecule has 0 radical (unpaired) electrons. The first-order valence-electron chi connectivity index (χ1n) is 6.01. The maximum Gasteiger partial charge on any atom is 0.0515 e. The van der Waals surface area contributed by atoms with Gasteiger partial charge >= 0.3 is 0 Å². The standard InChI is InChI=1S/C13H19ClN2O/c1-9-2-3-11(6-12(9)14)16-13(7-15)10-4-5-17-8-10/h2-3,6,10,13,16H,4-5,7-8,15H2,1H3. The molecule has 1 saturated heterocycles. The number of hydrogen-bond acceptors (Lipinski definition) is 3. The molecule has 4 heteroatoms. The van der Waals surface area contributed by atoms with Gasteiger partial charge in [0.2, 0.25) is 0 Å². The monoisotopic (exact) mass is 254 g/mol. The molecule has 2 rings (SSSR count). The van der Waals surface area contributed by atoms with Crippen LogP contribution in [0.3, 0.4) is 0 Å². The molecule has 3 N–H and O–H groups in total. The Hall–Kier alpha value is -0.770. The molecule has 1 heterocycles. The molecule has 0 saturated carbocycles. The molecule has 2 atom stereocenters. The fourth-order valence-corrected chi connectivity index (χ4v) is 2.32. The molecule has 0 aromatic heterocycles. The minimum Gasteiger partial charge on any atom is -0.381 e. The lowest BCUT2D eigenvalue weighted by molar-refractivity contribution is 0.182. The van der Waals surface area contributed by atoms with Crippen molar-refractivity contribution in [1.29, 1.82) is 0 Å². The Balaban J connectivity index is 2.04. The lowest BCUT2D eigenvalue weighted by atomic mass is 9.99. The van der Waals surface area contributed by atoms with E-state index in [1.165, 1.54) is 0 Å². The van der Waals surface area contributed by atoms with Gasteiger partial charge < -0.3 is 15.8 Å². The summed E-state index contributed by atoms with van der Waals surface area (Å²) in [7, 11) is 0. The Morgan fingerprint density at radius 2 is 2.41 bits per heavy atom. The van der Waals surface area contributed by atoms with Gasteiger partial charge in [-0.1, -0.05) is 17.7 Å². The van der Waals surface area contributed by atoms with Crippen LogP contribution in [0.1, 0.15) is 12.0 Å². The normalized spacial score (nSPS) is 21.5. The number of nitrogens with one attached hydrogen (secondary N) is 1. The zero-order valence-corrected chi connectivity index (χ0v) is 10.8. The molecule has 17 heavy (non-hydrogen) atoms. The van der Waals surface area contributed by atoms with Crippen molar-refractivity contribution < 1.29 is 4.74 Å². The summed E-state index contributed by atoms with van der Waals surface area (Å²) in [4.78, 5) is 0. The van der Waals surface area contributed by atoms with E-state index in [0.717, 1.165) is 35.9 Å². The average molecular weight is 255 g/mol. The van der Waals surface area contributed by atoms with Crippen molar-refractivity contribution in [3.8, 4) is 0 Å². The average Bonchev–Trinajstić information content (AvgIpc) is 2.84. The lowest BCUT2D eigenvalue weighted by Gasteiger charge is -2.23. The smallest absolute Gasteiger partial charge is 0.0515 e. The number of hydrogen-bond donors (Lipinski definition) is 2. The van der Waals surface area contributed by atoms with Crippen molar-refractivity contribution in [2.45, 2.75) is 19.4 Å². The van der Waals surface area contributed by atoms with E-state index in [0.29, 0.717) is 12.5 Å². The summed E-state index contributed by atoms with van der Waals surface area (Å²) in [5.41, 5.74) is 7.94. The second kappa shape index (κ2) is 5.71. The minimum absolute atomic E-state index is 0.260. The Morgan fingerprint density at radius 3 is 3.00 bits per heavy atom. The third-order valence-corrected chi connectivity index (χ3v) is 3.72. The highest BCUT2D eigenvalue weighted by Crippen LogP contribution is 2.23. The molecule has 1 aromatic rings. The third-order valence-electron chi connectivity index (χ3n) is 3.31. The van der Waals surface area contributed by atoms with Gasteiger partial charge in [0.25, 0.3) is 0 Å². The quantitative estimate of drug-likeness (QED) is 0.868. The minimum atomic E-state index is 0.260. The van der Waals surface area contributed by atoms with Crippen LogP contribution in [0, 0.1) is 12.8 Å². The van der Waals surface area contributed by atoms with E-state index in [-0.39, 0.29) is 6.04 Å². The SMILES string of the molecule is Cc1ccc(NC(CN)C2CCOC2)cc1Cl. The van der Waals surface area contributed by atoms with Crippen LogP contribution in [0.4, 0.5) is 5.69 Å². The summed E-state index contributed by atoms with van der Waals surface area (Å²) >= 11 is 6.10. The topological polar surface area (TPSA) is 47.3 Å². The first-order valence-corrected chi connectivity index (χ1v) is 6.39. The van der Waals surface area contributed by atoms with Crippen molar-refractivity contribution >= 4 is 17.3 Å². The van der Waals surface area contributed by atoms with E-state index >= 15 is 0 Å². The number of aryl methyl sites for hydroxylation is 1. The van der Waals surface area contributed by atoms with Crippen molar-refractivity contribution in [3.63, 3.8) is 0 Å². The fraction of sp³-hybridized carbons (Fsp3) is 0.538. The molecule has 3 nitrogen and oxygen atoms in total. The summed E-state index contributed by atoms with van der Waals surface area (Å²) in [6.45, 7) is 4.25. The molecule has 0 amide bonds. The van der Waals surface area contributed by atoms with Gasteiger partial charge in [-0.05, 0) is 31.0 Å². The van der Waals surface area contributed by atoms with Gasteiger partial charge in [0.15, 0.2) is 0 Å². The highest BCUT2D eigenvalue weighted by molar-refractivity contribution is 6.31. The van der Waals surface area contributed by atoms with Gasteiger partial charge in [-0.15, -0.1) is 0 Å². The predicted molar refractivity (Wildman–Crippen MR) is 71.6 cm³/mol. The lowest BCUT2D eigenvalue weighted by Crippen LogP contribution is -2.36. The highest BCUT2D eigenvalue weighted by atomic mass is 35.5. The van der Waals surface area contributed by atoms with Gasteiger partial charge in [0.1, 0.15) is 0 Å². The molecule has 1 aliphatic rings. The molecule has 0 bridgehead atoms. The van der Waals surface area contributed by atoms with Gasteiger partial charge in [-0.3, -0.25) is 0 Å². The van der Waals surface area contributed by atoms with Crippen molar-refractivity contribution in [3.05, 3.63) is 28.8 Å². The zero-order chi connectivity index (χ0) is 12.3. The maximum atomic E-state index is 6.10. The van der Waals surface area contributed by atoms with Crippen LogP contribution in [0.2, 0.25) is 5.02 Å². The second-order valence-electron chi connectivity index (χ2n) is 4.57. The van der Waals surface area contributed by atoms with Crippen LogP contribution >= 0.6 is 11.6 Å². The first-order chi connectivity index (χ1) is 8.20. The molecule has 1 aliphatic heterocycles. The molecular formula is C13H19ClN2O. The second-order valence-corrected chi connectivity index (χ2v) is 4.98. The Bertz CT molecular complexity index is 378. The Labute approximate surface area is 107 Å². The summed E-state index contributed by atoms with van der Waals surface area (Å²) in [6.07, 6.45) is 1.08. The van der Waals surface area contributed by atoms with Crippen LogP contribution in [0.15, 0.2) is 18.2 Å². The highest BCUT2D eigenvalue weighted by Gasteiger charge is 2.24. The number of rotatable bonds is 4. The van der Waals surface area contributed by atoms with Gasteiger partial charge in [0.05, 0.1) is 6.61 Å².